The Hall–Kier alpha value is -3.09. The normalized spacial score (nSPS) is 12.5. The second-order valence-electron chi connectivity index (χ2n) is 9.18. The first-order chi connectivity index (χ1) is 17.5. The number of aromatic nitrogens is 1. The smallest absolute Gasteiger partial charge is 0.185 e. The summed E-state index contributed by atoms with van der Waals surface area (Å²) in [5.41, 5.74) is 2.52. The molecule has 6 heteroatoms. The molecule has 1 atom stereocenters. The van der Waals surface area contributed by atoms with Crippen LogP contribution in [0.5, 0.6) is 11.5 Å². The van der Waals surface area contributed by atoms with Gasteiger partial charge in [0.05, 0.1) is 20.3 Å². The molecule has 0 aliphatic rings. The molecule has 0 aliphatic heterocycles. The average Bonchev–Trinajstić information content (AvgIpc) is 3.25. The highest BCUT2D eigenvalue weighted by atomic mass is 16.5. The monoisotopic (exact) mass is 492 g/mol. The molecule has 6 nitrogen and oxygen atoms in total. The van der Waals surface area contributed by atoms with Crippen molar-refractivity contribution in [2.45, 2.75) is 52.2 Å². The lowest BCUT2D eigenvalue weighted by molar-refractivity contribution is 0.0973. The van der Waals surface area contributed by atoms with E-state index in [0.29, 0.717) is 30.2 Å². The van der Waals surface area contributed by atoms with Crippen LogP contribution in [0.3, 0.4) is 0 Å². The minimum Gasteiger partial charge on any atom is -0.493 e. The molecule has 1 N–H and O–H groups in total. The molecule has 0 amide bonds. The van der Waals surface area contributed by atoms with E-state index < -0.39 is 6.10 Å². The molecule has 0 saturated heterocycles. The van der Waals surface area contributed by atoms with Crippen molar-refractivity contribution in [3.63, 3.8) is 0 Å². The van der Waals surface area contributed by atoms with Gasteiger partial charge in [0, 0.05) is 41.3 Å². The first kappa shape index (κ1) is 27.5. The molecule has 0 saturated carbocycles. The number of aliphatic hydroxyl groups is 1. The van der Waals surface area contributed by atoms with Crippen molar-refractivity contribution in [1.82, 2.24) is 9.47 Å². The minimum absolute atomic E-state index is 0.115. The molecule has 36 heavy (non-hydrogen) atoms. The minimum atomic E-state index is -0.472. The first-order valence-electron chi connectivity index (χ1n) is 12.9. The van der Waals surface area contributed by atoms with Crippen molar-refractivity contribution >= 4 is 22.8 Å². The van der Waals surface area contributed by atoms with Gasteiger partial charge in [-0.15, -0.1) is 0 Å². The Morgan fingerprint density at radius 3 is 2.39 bits per heavy atom. The third-order valence-corrected chi connectivity index (χ3v) is 6.43. The number of ether oxygens (including phenoxy) is 2. The lowest BCUT2D eigenvalue weighted by Gasteiger charge is -2.25. The predicted molar refractivity (Wildman–Crippen MR) is 147 cm³/mol. The summed E-state index contributed by atoms with van der Waals surface area (Å²) in [6.45, 7) is 7.61. The number of fused-ring (bicyclic) bond motifs is 1. The largest absolute Gasteiger partial charge is 0.493 e. The molecular weight excluding hydrogens is 452 g/mol. The standard InChI is InChI=1S/C30H40N2O4/c1-5-7-17-31(18-8-6-2)21-25(33)22-32-20-24(26-11-9-10-12-27(26)32)13-15-28(34)23-14-16-29(35-3)30(19-23)36-4/h9-16,19-20,25,33H,5-8,17-18,21-22H2,1-4H3/b15-13+/t25-/m1/s1. The number of hydrogen-bond donors (Lipinski definition) is 1. The van der Waals surface area contributed by atoms with Gasteiger partial charge in [0.25, 0.3) is 0 Å². The molecule has 0 unspecified atom stereocenters. The van der Waals surface area contributed by atoms with E-state index in [1.54, 1.807) is 38.5 Å². The first-order valence-corrected chi connectivity index (χ1v) is 12.9. The number of nitrogens with zero attached hydrogens (tertiary/aromatic N) is 2. The van der Waals surface area contributed by atoms with Crippen molar-refractivity contribution < 1.29 is 19.4 Å². The molecule has 1 aromatic heterocycles. The zero-order valence-corrected chi connectivity index (χ0v) is 22.1. The fourth-order valence-electron chi connectivity index (χ4n) is 4.45. The Labute approximate surface area is 215 Å². The molecule has 2 aromatic carbocycles. The Morgan fingerprint density at radius 2 is 1.72 bits per heavy atom. The maximum absolute atomic E-state index is 12.9. The summed E-state index contributed by atoms with van der Waals surface area (Å²) in [4.78, 5) is 15.2. The molecule has 0 radical (unpaired) electrons. The summed E-state index contributed by atoms with van der Waals surface area (Å²) in [6, 6.07) is 13.3. The quantitative estimate of drug-likeness (QED) is 0.214. The summed E-state index contributed by atoms with van der Waals surface area (Å²) < 4.78 is 12.7. The van der Waals surface area contributed by atoms with E-state index in [2.05, 4.69) is 29.4 Å². The number of rotatable bonds is 15. The van der Waals surface area contributed by atoms with Crippen LogP contribution in [-0.4, -0.2) is 60.3 Å². The maximum atomic E-state index is 12.9. The number of para-hydroxylation sites is 1. The summed E-state index contributed by atoms with van der Waals surface area (Å²) in [7, 11) is 3.12. The second kappa shape index (κ2) is 13.9. The number of benzene rings is 2. The zero-order valence-electron chi connectivity index (χ0n) is 22.1. The van der Waals surface area contributed by atoms with Gasteiger partial charge in [0.1, 0.15) is 0 Å². The predicted octanol–water partition coefficient (Wildman–Crippen LogP) is 5.82. The molecule has 0 aliphatic carbocycles. The fourth-order valence-corrected chi connectivity index (χ4v) is 4.45. The van der Waals surface area contributed by atoms with Gasteiger partial charge < -0.3 is 24.0 Å². The summed E-state index contributed by atoms with van der Waals surface area (Å²) in [6.07, 6.45) is 9.57. The topological polar surface area (TPSA) is 63.9 Å². The van der Waals surface area contributed by atoms with Crippen molar-refractivity contribution in [2.24, 2.45) is 0 Å². The lowest BCUT2D eigenvalue weighted by Crippen LogP contribution is -2.36. The van der Waals surface area contributed by atoms with Crippen molar-refractivity contribution in [1.29, 1.82) is 0 Å². The molecular formula is C30H40N2O4. The van der Waals surface area contributed by atoms with Gasteiger partial charge in [-0.2, -0.15) is 0 Å². The van der Waals surface area contributed by atoms with Gasteiger partial charge in [-0.3, -0.25) is 4.79 Å². The van der Waals surface area contributed by atoms with E-state index in [0.717, 1.165) is 55.2 Å². The molecule has 3 aromatic rings. The Balaban J connectivity index is 1.77. The number of aliphatic hydroxyl groups excluding tert-OH is 1. The van der Waals surface area contributed by atoms with Crippen molar-refractivity contribution in [2.75, 3.05) is 33.9 Å². The average molecular weight is 493 g/mol. The summed E-state index contributed by atoms with van der Waals surface area (Å²) in [5, 5.41) is 12.0. The Bertz CT molecular complexity index is 1140. The van der Waals surface area contributed by atoms with E-state index in [9.17, 15) is 9.90 Å². The number of methoxy groups -OCH3 is 2. The highest BCUT2D eigenvalue weighted by Gasteiger charge is 2.15. The van der Waals surface area contributed by atoms with Crippen LogP contribution in [0, 0.1) is 0 Å². The van der Waals surface area contributed by atoms with Gasteiger partial charge in [-0.25, -0.2) is 0 Å². The van der Waals surface area contributed by atoms with Gasteiger partial charge in [0.2, 0.25) is 0 Å². The van der Waals surface area contributed by atoms with Crippen molar-refractivity contribution in [3.8, 4) is 11.5 Å². The van der Waals surface area contributed by atoms with Crippen LogP contribution in [0.4, 0.5) is 0 Å². The van der Waals surface area contributed by atoms with E-state index in [4.69, 9.17) is 9.47 Å². The zero-order chi connectivity index (χ0) is 25.9. The highest BCUT2D eigenvalue weighted by molar-refractivity contribution is 6.08. The Morgan fingerprint density at radius 1 is 1.03 bits per heavy atom. The van der Waals surface area contributed by atoms with Crippen LogP contribution >= 0.6 is 0 Å². The maximum Gasteiger partial charge on any atom is 0.185 e. The highest BCUT2D eigenvalue weighted by Crippen LogP contribution is 2.28. The van der Waals surface area contributed by atoms with Crippen LogP contribution in [0.15, 0.2) is 54.7 Å². The molecule has 0 fully saturated rings. The van der Waals surface area contributed by atoms with E-state index in [-0.39, 0.29) is 5.78 Å². The van der Waals surface area contributed by atoms with Gasteiger partial charge in [-0.05, 0) is 62.3 Å². The molecule has 1 heterocycles. The number of unbranched alkanes of at least 4 members (excludes halogenated alkanes) is 2. The lowest BCUT2D eigenvalue weighted by atomic mass is 10.1. The number of hydrogen-bond acceptors (Lipinski definition) is 5. The van der Waals surface area contributed by atoms with Gasteiger partial charge in [-0.1, -0.05) is 44.9 Å². The Kier molecular flexibility index (Phi) is 10.6. The fraction of sp³-hybridized carbons (Fsp3) is 0.433. The van der Waals surface area contributed by atoms with E-state index >= 15 is 0 Å². The summed E-state index contributed by atoms with van der Waals surface area (Å²) >= 11 is 0. The van der Waals surface area contributed by atoms with Crippen LogP contribution in [0.2, 0.25) is 0 Å². The molecule has 194 valence electrons. The van der Waals surface area contributed by atoms with Crippen LogP contribution in [0.25, 0.3) is 17.0 Å². The van der Waals surface area contributed by atoms with E-state index in [1.807, 2.05) is 30.5 Å². The second-order valence-corrected chi connectivity index (χ2v) is 9.18. The number of ketones is 1. The van der Waals surface area contributed by atoms with Crippen LogP contribution < -0.4 is 9.47 Å². The van der Waals surface area contributed by atoms with Crippen molar-refractivity contribution in [3.05, 3.63) is 65.9 Å². The molecule has 0 bridgehead atoms. The molecule has 0 spiro atoms. The van der Waals surface area contributed by atoms with Gasteiger partial charge in [0.15, 0.2) is 17.3 Å². The van der Waals surface area contributed by atoms with Crippen LogP contribution in [-0.2, 0) is 6.54 Å². The number of allylic oxidation sites excluding steroid dienone is 1. The van der Waals surface area contributed by atoms with E-state index in [1.165, 1.54) is 0 Å². The van der Waals surface area contributed by atoms with Gasteiger partial charge >= 0.3 is 0 Å². The SMILES string of the molecule is CCCCN(CCCC)C[C@@H](O)Cn1cc(/C=C/C(=O)c2ccc(OC)c(OC)c2)c2ccccc21. The molecule has 3 rings (SSSR count). The number of carbonyl (C=O) groups excluding carboxylic acids is 1. The summed E-state index contributed by atoms with van der Waals surface area (Å²) in [5.74, 6) is 0.993. The third-order valence-electron chi connectivity index (χ3n) is 6.43. The van der Waals surface area contributed by atoms with Crippen LogP contribution in [0.1, 0.15) is 55.5 Å². The number of carbonyl (C=O) groups is 1. The third kappa shape index (κ3) is 7.21.